The van der Waals surface area contributed by atoms with Crippen molar-refractivity contribution in [1.29, 1.82) is 0 Å². The van der Waals surface area contributed by atoms with E-state index >= 15 is 0 Å². The Morgan fingerprint density at radius 2 is 2.21 bits per heavy atom. The first kappa shape index (κ1) is 18.6. The van der Waals surface area contributed by atoms with Crippen molar-refractivity contribution in [2.24, 2.45) is 0 Å². The van der Waals surface area contributed by atoms with Gasteiger partial charge in [0.15, 0.2) is 0 Å². The van der Waals surface area contributed by atoms with Crippen molar-refractivity contribution in [2.75, 3.05) is 32.1 Å². The summed E-state index contributed by atoms with van der Waals surface area (Å²) in [7, 11) is 1.57. The van der Waals surface area contributed by atoms with Gasteiger partial charge in [-0.2, -0.15) is 0 Å². The predicted molar refractivity (Wildman–Crippen MR) is 104 cm³/mol. The number of hydrogen-bond donors (Lipinski definition) is 3. The maximum atomic E-state index is 13.1. The molecule has 2 amide bonds. The summed E-state index contributed by atoms with van der Waals surface area (Å²) in [5.41, 5.74) is 4.88. The number of methoxy groups -OCH3 is 1. The van der Waals surface area contributed by atoms with Gasteiger partial charge in [-0.3, -0.25) is 9.59 Å². The molecule has 0 aliphatic carbocycles. The zero-order valence-corrected chi connectivity index (χ0v) is 16.0. The Hall–Kier alpha value is -2.71. The number of H-pyrrole nitrogens is 1. The van der Waals surface area contributed by atoms with Crippen molar-refractivity contribution in [3.63, 3.8) is 0 Å². The molecule has 0 fully saturated rings. The van der Waals surface area contributed by atoms with Gasteiger partial charge in [-0.15, -0.1) is 0 Å². The molecule has 0 saturated heterocycles. The smallest absolute Gasteiger partial charge is 0.246 e. The van der Waals surface area contributed by atoms with E-state index in [1.807, 2.05) is 23.1 Å². The van der Waals surface area contributed by atoms with Gasteiger partial charge in [0.05, 0.1) is 25.0 Å². The van der Waals surface area contributed by atoms with Crippen LogP contribution in [0.25, 0.3) is 0 Å². The summed E-state index contributed by atoms with van der Waals surface area (Å²) in [6, 6.07) is 5.52. The van der Waals surface area contributed by atoms with Crippen LogP contribution in [0, 0.1) is 0 Å². The third-order valence-electron chi connectivity index (χ3n) is 5.34. The molecular weight excluding hydrogens is 358 g/mol. The molecule has 0 spiro atoms. The van der Waals surface area contributed by atoms with Gasteiger partial charge in [-0.05, 0) is 29.7 Å². The molecule has 2 aromatic rings. The van der Waals surface area contributed by atoms with Crippen molar-refractivity contribution in [3.05, 3.63) is 47.0 Å². The maximum Gasteiger partial charge on any atom is 0.246 e. The summed E-state index contributed by atoms with van der Waals surface area (Å²) in [6.07, 6.45) is 3.63. The number of hydrogen-bond acceptors (Lipinski definition) is 5. The molecule has 1 aromatic heterocycles. The molecule has 1 aromatic carbocycles. The van der Waals surface area contributed by atoms with Crippen LogP contribution < -0.4 is 10.6 Å². The number of nitrogens with one attached hydrogen (secondary N) is 3. The number of anilines is 1. The van der Waals surface area contributed by atoms with Crippen molar-refractivity contribution < 1.29 is 14.3 Å². The summed E-state index contributed by atoms with van der Waals surface area (Å²) in [4.78, 5) is 34.4. The van der Waals surface area contributed by atoms with E-state index in [1.165, 1.54) is 5.56 Å². The van der Waals surface area contributed by atoms with Crippen molar-refractivity contribution in [1.82, 2.24) is 20.2 Å². The fourth-order valence-corrected chi connectivity index (χ4v) is 3.85. The number of aromatic nitrogens is 2. The Morgan fingerprint density at radius 3 is 3.07 bits per heavy atom. The topological polar surface area (TPSA) is 99.4 Å². The molecular formula is C20H25N5O3. The maximum absolute atomic E-state index is 13.1. The Morgan fingerprint density at radius 1 is 1.32 bits per heavy atom. The van der Waals surface area contributed by atoms with Crippen LogP contribution in [0.1, 0.15) is 35.0 Å². The highest BCUT2D eigenvalue weighted by atomic mass is 16.5. The van der Waals surface area contributed by atoms with Gasteiger partial charge in [-0.25, -0.2) is 4.98 Å². The van der Waals surface area contributed by atoms with Crippen molar-refractivity contribution >= 4 is 17.5 Å². The average molecular weight is 383 g/mol. The summed E-state index contributed by atoms with van der Waals surface area (Å²) < 4.78 is 4.94. The molecule has 1 atom stereocenters. The van der Waals surface area contributed by atoms with E-state index in [2.05, 4.69) is 20.6 Å². The summed E-state index contributed by atoms with van der Waals surface area (Å²) in [6.45, 7) is 2.37. The number of ether oxygens (including phenoxy) is 1. The average Bonchev–Trinajstić information content (AvgIpc) is 3.20. The highest BCUT2D eigenvalue weighted by molar-refractivity contribution is 5.91. The molecule has 4 rings (SSSR count). The number of imidazole rings is 1. The number of carbonyl (C=O) groups excluding carboxylic acids is 2. The standard InChI is InChI=1S/C20H25N5O3/c1-28-9-6-17(26)24-15-3-2-13-5-8-25(11-14(13)10-15)20(27)19-18-16(4-7-21-19)22-12-23-18/h2-3,10,12,19,21H,4-9,11H2,1H3,(H,22,23)(H,24,26)/t19-/m0/s1. The lowest BCUT2D eigenvalue weighted by Crippen LogP contribution is -2.45. The second kappa shape index (κ2) is 8.12. The molecule has 8 nitrogen and oxygen atoms in total. The number of rotatable bonds is 5. The van der Waals surface area contributed by atoms with E-state index in [9.17, 15) is 9.59 Å². The zero-order chi connectivity index (χ0) is 19.5. The molecule has 0 radical (unpaired) electrons. The van der Waals surface area contributed by atoms with Gasteiger partial charge in [-0.1, -0.05) is 6.07 Å². The third-order valence-corrected chi connectivity index (χ3v) is 5.34. The second-order valence-electron chi connectivity index (χ2n) is 7.19. The molecule has 3 heterocycles. The predicted octanol–water partition coefficient (Wildman–Crippen LogP) is 1.16. The Labute approximate surface area is 163 Å². The molecule has 148 valence electrons. The van der Waals surface area contributed by atoms with Gasteiger partial charge in [0.25, 0.3) is 0 Å². The Balaban J connectivity index is 1.46. The fraction of sp³-hybridized carbons (Fsp3) is 0.450. The lowest BCUT2D eigenvalue weighted by Gasteiger charge is -2.33. The second-order valence-corrected chi connectivity index (χ2v) is 7.19. The molecule has 3 N–H and O–H groups in total. The van der Waals surface area contributed by atoms with Crippen molar-refractivity contribution in [3.8, 4) is 0 Å². The number of benzene rings is 1. The van der Waals surface area contributed by atoms with E-state index in [0.29, 0.717) is 26.1 Å². The van der Waals surface area contributed by atoms with Crippen LogP contribution in [0.15, 0.2) is 24.5 Å². The molecule has 2 aliphatic heterocycles. The SMILES string of the molecule is COCCC(=O)Nc1ccc2c(c1)CN(C(=O)[C@H]1NCCc3[nH]cnc31)CC2. The van der Waals surface area contributed by atoms with Gasteiger partial charge in [0, 0.05) is 44.5 Å². The molecule has 8 heteroatoms. The zero-order valence-electron chi connectivity index (χ0n) is 16.0. The van der Waals surface area contributed by atoms with E-state index in [0.717, 1.165) is 42.0 Å². The van der Waals surface area contributed by atoms with Gasteiger partial charge >= 0.3 is 0 Å². The largest absolute Gasteiger partial charge is 0.384 e. The van der Waals surface area contributed by atoms with E-state index < -0.39 is 6.04 Å². The number of nitrogens with zero attached hydrogens (tertiary/aromatic N) is 2. The monoisotopic (exact) mass is 383 g/mol. The van der Waals surface area contributed by atoms with Gasteiger partial charge < -0.3 is 25.3 Å². The summed E-state index contributed by atoms with van der Waals surface area (Å²) in [5.74, 6) is -0.0313. The van der Waals surface area contributed by atoms with Crippen LogP contribution >= 0.6 is 0 Å². The number of amides is 2. The number of aromatic amines is 1. The molecule has 0 saturated carbocycles. The quantitative estimate of drug-likeness (QED) is 0.720. The van der Waals surface area contributed by atoms with E-state index in [1.54, 1.807) is 13.4 Å². The van der Waals surface area contributed by atoms with Crippen LogP contribution in [-0.4, -0.2) is 53.5 Å². The Bertz CT molecular complexity index is 878. The van der Waals surface area contributed by atoms with E-state index in [-0.39, 0.29) is 11.8 Å². The highest BCUT2D eigenvalue weighted by Gasteiger charge is 2.33. The molecule has 0 unspecified atom stereocenters. The first-order valence-corrected chi connectivity index (χ1v) is 9.60. The minimum Gasteiger partial charge on any atom is -0.384 e. The molecule has 28 heavy (non-hydrogen) atoms. The van der Waals surface area contributed by atoms with Crippen molar-refractivity contribution in [2.45, 2.75) is 31.8 Å². The van der Waals surface area contributed by atoms with Crippen LogP contribution in [0.5, 0.6) is 0 Å². The summed E-state index contributed by atoms with van der Waals surface area (Å²) in [5, 5.41) is 6.19. The van der Waals surface area contributed by atoms with Gasteiger partial charge in [0.1, 0.15) is 6.04 Å². The van der Waals surface area contributed by atoms with Crippen LogP contribution in [0.2, 0.25) is 0 Å². The number of carbonyl (C=O) groups is 2. The minimum atomic E-state index is -0.395. The highest BCUT2D eigenvalue weighted by Crippen LogP contribution is 2.27. The lowest BCUT2D eigenvalue weighted by atomic mass is 9.97. The minimum absolute atomic E-state index is 0.0493. The van der Waals surface area contributed by atoms with Crippen LogP contribution in [0.4, 0.5) is 5.69 Å². The first-order valence-electron chi connectivity index (χ1n) is 9.60. The lowest BCUT2D eigenvalue weighted by molar-refractivity contribution is -0.134. The molecule has 2 aliphatic rings. The van der Waals surface area contributed by atoms with Gasteiger partial charge in [0.2, 0.25) is 11.8 Å². The van der Waals surface area contributed by atoms with E-state index in [4.69, 9.17) is 4.74 Å². The molecule has 0 bridgehead atoms. The van der Waals surface area contributed by atoms with Crippen LogP contribution in [-0.2, 0) is 33.7 Å². The fourth-order valence-electron chi connectivity index (χ4n) is 3.85. The summed E-state index contributed by atoms with van der Waals surface area (Å²) >= 11 is 0. The normalized spacial score (nSPS) is 18.3. The number of fused-ring (bicyclic) bond motifs is 2. The Kier molecular flexibility index (Phi) is 5.40. The first-order chi connectivity index (χ1) is 13.7. The third kappa shape index (κ3) is 3.79. The van der Waals surface area contributed by atoms with Crippen LogP contribution in [0.3, 0.4) is 0 Å².